The van der Waals surface area contributed by atoms with E-state index in [2.05, 4.69) is 10.4 Å². The third-order valence-electron chi connectivity index (χ3n) is 5.46. The number of fused-ring (bicyclic) bond motifs is 2. The van der Waals surface area contributed by atoms with Gasteiger partial charge in [0.15, 0.2) is 11.6 Å². The Morgan fingerprint density at radius 2 is 1.45 bits per heavy atom. The number of ketones is 2. The molecule has 1 aromatic heterocycles. The molecule has 0 atom stereocenters. The Morgan fingerprint density at radius 1 is 0.806 bits per heavy atom. The molecule has 0 aliphatic heterocycles. The highest BCUT2D eigenvalue weighted by Crippen LogP contribution is 2.32. The van der Waals surface area contributed by atoms with E-state index in [0.717, 1.165) is 5.69 Å². The predicted molar refractivity (Wildman–Crippen MR) is 116 cm³/mol. The lowest BCUT2D eigenvalue weighted by Gasteiger charge is -2.20. The molecule has 0 fully saturated rings. The number of para-hydroxylation sites is 1. The van der Waals surface area contributed by atoms with Gasteiger partial charge in [0.2, 0.25) is 0 Å². The minimum Gasteiger partial charge on any atom is -0.321 e. The molecular formula is C25H17N3O3. The van der Waals surface area contributed by atoms with Crippen LogP contribution in [0.15, 0.2) is 79.0 Å². The third-order valence-corrected chi connectivity index (χ3v) is 5.46. The molecule has 6 heteroatoms. The van der Waals surface area contributed by atoms with Gasteiger partial charge in [-0.05, 0) is 25.1 Å². The Bertz CT molecular complexity index is 1370. The first-order chi connectivity index (χ1) is 15.1. The minimum atomic E-state index is -0.396. The molecule has 1 aliphatic rings. The number of anilines is 1. The number of hydrogen-bond donors (Lipinski definition) is 1. The maximum Gasteiger partial charge on any atom is 0.259 e. The third kappa shape index (κ3) is 2.97. The van der Waals surface area contributed by atoms with Crippen molar-refractivity contribution in [3.63, 3.8) is 0 Å². The van der Waals surface area contributed by atoms with Crippen LogP contribution in [-0.4, -0.2) is 27.3 Å². The Balaban J connectivity index is 1.52. The summed E-state index contributed by atoms with van der Waals surface area (Å²) >= 11 is 0. The van der Waals surface area contributed by atoms with E-state index < -0.39 is 5.91 Å². The van der Waals surface area contributed by atoms with Crippen LogP contribution in [0.4, 0.5) is 5.69 Å². The highest BCUT2D eigenvalue weighted by molar-refractivity contribution is 6.30. The highest BCUT2D eigenvalue weighted by Gasteiger charge is 2.32. The molecule has 1 aliphatic carbocycles. The summed E-state index contributed by atoms with van der Waals surface area (Å²) in [5.41, 5.74) is 3.43. The molecule has 5 rings (SSSR count). The number of carbonyl (C=O) groups excluding carboxylic acids is 3. The largest absolute Gasteiger partial charge is 0.321 e. The van der Waals surface area contributed by atoms with Crippen LogP contribution in [0.2, 0.25) is 0 Å². The molecule has 0 unspecified atom stereocenters. The van der Waals surface area contributed by atoms with Crippen molar-refractivity contribution in [3.8, 4) is 5.69 Å². The van der Waals surface area contributed by atoms with Crippen LogP contribution >= 0.6 is 0 Å². The van der Waals surface area contributed by atoms with Crippen molar-refractivity contribution in [3.05, 3.63) is 113 Å². The Morgan fingerprint density at radius 3 is 2.19 bits per heavy atom. The molecule has 1 heterocycles. The van der Waals surface area contributed by atoms with Crippen LogP contribution in [0.5, 0.6) is 0 Å². The van der Waals surface area contributed by atoms with Crippen molar-refractivity contribution >= 4 is 23.2 Å². The second kappa shape index (κ2) is 7.18. The second-order valence-electron chi connectivity index (χ2n) is 7.28. The molecule has 6 nitrogen and oxygen atoms in total. The average molecular weight is 407 g/mol. The molecule has 0 saturated heterocycles. The standard InChI is InChI=1S/C25H17N3O3/c1-15-20(14-26-28(15)16-8-3-2-4-9-16)25(31)27-21-13-7-12-19-22(21)24(30)18-11-6-5-10-17(18)23(19)29/h2-14H,1H3,(H,27,31). The van der Waals surface area contributed by atoms with Crippen LogP contribution < -0.4 is 5.32 Å². The maximum atomic E-state index is 13.1. The van der Waals surface area contributed by atoms with E-state index in [9.17, 15) is 14.4 Å². The lowest BCUT2D eigenvalue weighted by molar-refractivity contribution is 0.0978. The van der Waals surface area contributed by atoms with E-state index in [1.54, 1.807) is 54.1 Å². The molecule has 150 valence electrons. The molecule has 4 aromatic rings. The number of benzene rings is 3. The van der Waals surface area contributed by atoms with E-state index in [-0.39, 0.29) is 17.1 Å². The molecule has 1 amide bonds. The summed E-state index contributed by atoms with van der Waals surface area (Å²) in [4.78, 5) is 39.1. The SMILES string of the molecule is Cc1c(C(=O)Nc2cccc3c2C(=O)c2ccccc2C3=O)cnn1-c1ccccc1. The summed E-state index contributed by atoms with van der Waals surface area (Å²) in [6.07, 6.45) is 1.50. The lowest BCUT2D eigenvalue weighted by atomic mass is 9.83. The summed E-state index contributed by atoms with van der Waals surface area (Å²) in [5.74, 6) is -0.903. The number of amides is 1. The molecule has 0 saturated carbocycles. The lowest BCUT2D eigenvalue weighted by Crippen LogP contribution is -2.24. The van der Waals surface area contributed by atoms with Crippen LogP contribution in [0.25, 0.3) is 5.69 Å². The van der Waals surface area contributed by atoms with Gasteiger partial charge in [0.05, 0.1) is 34.4 Å². The van der Waals surface area contributed by atoms with Crippen molar-refractivity contribution in [2.45, 2.75) is 6.92 Å². The van der Waals surface area contributed by atoms with Crippen molar-refractivity contribution < 1.29 is 14.4 Å². The van der Waals surface area contributed by atoms with Gasteiger partial charge in [-0.2, -0.15) is 5.10 Å². The summed E-state index contributed by atoms with van der Waals surface area (Å²) in [6, 6.07) is 21.1. The van der Waals surface area contributed by atoms with Crippen LogP contribution in [0.3, 0.4) is 0 Å². The fraction of sp³-hybridized carbons (Fsp3) is 0.0400. The Kier molecular flexibility index (Phi) is 4.33. The molecule has 31 heavy (non-hydrogen) atoms. The fourth-order valence-electron chi connectivity index (χ4n) is 3.90. The molecular weight excluding hydrogens is 390 g/mol. The number of nitrogens with zero attached hydrogens (tertiary/aromatic N) is 2. The van der Waals surface area contributed by atoms with Gasteiger partial charge in [0.1, 0.15) is 0 Å². The van der Waals surface area contributed by atoms with E-state index in [1.165, 1.54) is 6.20 Å². The predicted octanol–water partition coefficient (Wildman–Crippen LogP) is 4.21. The van der Waals surface area contributed by atoms with E-state index >= 15 is 0 Å². The highest BCUT2D eigenvalue weighted by atomic mass is 16.2. The molecule has 0 radical (unpaired) electrons. The topological polar surface area (TPSA) is 81.1 Å². The zero-order valence-corrected chi connectivity index (χ0v) is 16.6. The average Bonchev–Trinajstić information content (AvgIpc) is 3.19. The first-order valence-electron chi connectivity index (χ1n) is 9.79. The zero-order chi connectivity index (χ0) is 21.5. The molecule has 0 bridgehead atoms. The van der Waals surface area contributed by atoms with Crippen LogP contribution in [0, 0.1) is 6.92 Å². The molecule has 1 N–H and O–H groups in total. The van der Waals surface area contributed by atoms with Gasteiger partial charge in [-0.25, -0.2) is 4.68 Å². The van der Waals surface area contributed by atoms with E-state index in [1.807, 2.05) is 30.3 Å². The minimum absolute atomic E-state index is 0.215. The summed E-state index contributed by atoms with van der Waals surface area (Å²) in [7, 11) is 0. The Labute approximate surface area is 178 Å². The number of nitrogens with one attached hydrogen (secondary N) is 1. The maximum absolute atomic E-state index is 13.1. The smallest absolute Gasteiger partial charge is 0.259 e. The fourth-order valence-corrected chi connectivity index (χ4v) is 3.90. The van der Waals surface area contributed by atoms with Gasteiger partial charge in [0.25, 0.3) is 5.91 Å². The zero-order valence-electron chi connectivity index (χ0n) is 16.6. The van der Waals surface area contributed by atoms with Gasteiger partial charge in [-0.3, -0.25) is 14.4 Å². The van der Waals surface area contributed by atoms with Crippen molar-refractivity contribution in [2.24, 2.45) is 0 Å². The first kappa shape index (κ1) is 18.7. The molecule has 0 spiro atoms. The van der Waals surface area contributed by atoms with Crippen molar-refractivity contribution in [1.29, 1.82) is 0 Å². The van der Waals surface area contributed by atoms with E-state index in [4.69, 9.17) is 0 Å². The van der Waals surface area contributed by atoms with Gasteiger partial charge >= 0.3 is 0 Å². The van der Waals surface area contributed by atoms with Gasteiger partial charge in [0, 0.05) is 16.7 Å². The summed E-state index contributed by atoms with van der Waals surface area (Å²) in [6.45, 7) is 1.81. The van der Waals surface area contributed by atoms with Gasteiger partial charge in [-0.15, -0.1) is 0 Å². The molecule has 3 aromatic carbocycles. The van der Waals surface area contributed by atoms with Crippen molar-refractivity contribution in [1.82, 2.24) is 9.78 Å². The van der Waals surface area contributed by atoms with E-state index in [0.29, 0.717) is 33.6 Å². The van der Waals surface area contributed by atoms with Gasteiger partial charge < -0.3 is 5.32 Å². The second-order valence-corrected chi connectivity index (χ2v) is 7.28. The number of carbonyl (C=O) groups is 3. The summed E-state index contributed by atoms with van der Waals surface area (Å²) < 4.78 is 1.68. The van der Waals surface area contributed by atoms with Crippen LogP contribution in [0.1, 0.15) is 47.9 Å². The van der Waals surface area contributed by atoms with Crippen LogP contribution in [-0.2, 0) is 0 Å². The summed E-state index contributed by atoms with van der Waals surface area (Å²) in [5, 5.41) is 7.14. The normalized spacial score (nSPS) is 12.3. The number of hydrogen-bond acceptors (Lipinski definition) is 4. The first-order valence-corrected chi connectivity index (χ1v) is 9.79. The quantitative estimate of drug-likeness (QED) is 0.486. The number of aromatic nitrogens is 2. The number of rotatable bonds is 3. The Hall–Kier alpha value is -4.32. The van der Waals surface area contributed by atoms with Gasteiger partial charge in [-0.1, -0.05) is 54.6 Å². The van der Waals surface area contributed by atoms with Crippen molar-refractivity contribution in [2.75, 3.05) is 5.32 Å². The monoisotopic (exact) mass is 407 g/mol.